The lowest BCUT2D eigenvalue weighted by Crippen LogP contribution is -2.35. The van der Waals surface area contributed by atoms with Crippen LogP contribution in [0, 0.1) is 6.92 Å². The molecule has 3 heterocycles. The lowest BCUT2D eigenvalue weighted by molar-refractivity contribution is 0.00393. The van der Waals surface area contributed by atoms with E-state index in [-0.39, 0.29) is 43.5 Å². The molecule has 0 spiro atoms. The molecule has 202 valence electrons. The molecular formula is C23H38N6O6S. The Kier molecular flexibility index (Phi) is 9.75. The molecular weight excluding hydrogens is 488 g/mol. The van der Waals surface area contributed by atoms with Crippen molar-refractivity contribution in [2.45, 2.75) is 83.2 Å². The van der Waals surface area contributed by atoms with Crippen molar-refractivity contribution in [2.24, 2.45) is 0 Å². The average Bonchev–Trinajstić information content (AvgIpc) is 3.43. The van der Waals surface area contributed by atoms with Gasteiger partial charge in [0.25, 0.3) is 0 Å². The van der Waals surface area contributed by atoms with Gasteiger partial charge in [0.2, 0.25) is 16.0 Å². The molecule has 1 aliphatic heterocycles. The van der Waals surface area contributed by atoms with Crippen LogP contribution in [0.4, 0.5) is 5.95 Å². The molecule has 0 saturated carbocycles. The zero-order chi connectivity index (χ0) is 26.5. The van der Waals surface area contributed by atoms with Crippen LogP contribution < -0.4 is 4.72 Å². The zero-order valence-corrected chi connectivity index (χ0v) is 22.9. The van der Waals surface area contributed by atoms with Gasteiger partial charge in [-0.3, -0.25) is 19.3 Å². The minimum Gasteiger partial charge on any atom is -0.382 e. The Morgan fingerprint density at radius 2 is 1.81 bits per heavy atom. The van der Waals surface area contributed by atoms with E-state index in [0.29, 0.717) is 11.5 Å². The summed E-state index contributed by atoms with van der Waals surface area (Å²) >= 11 is 0. The number of aryl methyl sites for hydroxylation is 1. The van der Waals surface area contributed by atoms with Gasteiger partial charge in [-0.1, -0.05) is 0 Å². The third-order valence-electron chi connectivity index (χ3n) is 5.99. The third kappa shape index (κ3) is 6.76. The Morgan fingerprint density at radius 1 is 1.11 bits per heavy atom. The molecule has 1 N–H and O–H groups in total. The SMILES string of the molecule is COCC(COC)n1c(NS(=O)(=O)C(C)C(OC(C)C)c2cnc(C)cn2)nnc1[C@H]1CC[C@@H](C)O1. The van der Waals surface area contributed by atoms with Gasteiger partial charge in [-0.05, 0) is 47.5 Å². The number of aromatic nitrogens is 5. The molecule has 0 radical (unpaired) electrons. The number of rotatable bonds is 13. The molecule has 1 fully saturated rings. The van der Waals surface area contributed by atoms with Crippen molar-refractivity contribution in [1.29, 1.82) is 0 Å². The number of anilines is 1. The number of hydrogen-bond donors (Lipinski definition) is 1. The number of ether oxygens (including phenoxy) is 4. The van der Waals surface area contributed by atoms with E-state index >= 15 is 0 Å². The van der Waals surface area contributed by atoms with Crippen molar-refractivity contribution in [3.05, 3.63) is 29.6 Å². The number of methoxy groups -OCH3 is 2. The van der Waals surface area contributed by atoms with Gasteiger partial charge in [0.15, 0.2) is 5.82 Å². The van der Waals surface area contributed by atoms with Gasteiger partial charge in [-0.15, -0.1) is 10.2 Å². The van der Waals surface area contributed by atoms with Crippen LogP contribution in [0.5, 0.6) is 0 Å². The Hall–Kier alpha value is -2.19. The van der Waals surface area contributed by atoms with Crippen molar-refractivity contribution >= 4 is 16.0 Å². The number of nitrogens with one attached hydrogen (secondary N) is 1. The zero-order valence-electron chi connectivity index (χ0n) is 22.0. The third-order valence-corrected chi connectivity index (χ3v) is 7.68. The smallest absolute Gasteiger partial charge is 0.240 e. The Bertz CT molecular complexity index is 1070. The van der Waals surface area contributed by atoms with E-state index in [0.717, 1.165) is 18.5 Å². The summed E-state index contributed by atoms with van der Waals surface area (Å²) in [6, 6.07) is -0.372. The van der Waals surface area contributed by atoms with Gasteiger partial charge >= 0.3 is 0 Å². The van der Waals surface area contributed by atoms with E-state index in [2.05, 4.69) is 24.9 Å². The van der Waals surface area contributed by atoms with Gasteiger partial charge < -0.3 is 18.9 Å². The Balaban J connectivity index is 1.97. The predicted molar refractivity (Wildman–Crippen MR) is 133 cm³/mol. The first-order valence-electron chi connectivity index (χ1n) is 12.1. The molecule has 36 heavy (non-hydrogen) atoms. The Labute approximate surface area is 213 Å². The van der Waals surface area contributed by atoms with Crippen molar-refractivity contribution in [3.63, 3.8) is 0 Å². The van der Waals surface area contributed by atoms with Crippen LogP contribution >= 0.6 is 0 Å². The molecule has 2 aromatic rings. The van der Waals surface area contributed by atoms with Crippen molar-refractivity contribution < 1.29 is 27.4 Å². The van der Waals surface area contributed by atoms with Crippen molar-refractivity contribution in [1.82, 2.24) is 24.7 Å². The fourth-order valence-electron chi connectivity index (χ4n) is 4.17. The van der Waals surface area contributed by atoms with Crippen LogP contribution in [0.2, 0.25) is 0 Å². The summed E-state index contributed by atoms with van der Waals surface area (Å²) in [4.78, 5) is 8.63. The summed E-state index contributed by atoms with van der Waals surface area (Å²) in [5.41, 5.74) is 1.15. The summed E-state index contributed by atoms with van der Waals surface area (Å²) in [5.74, 6) is 0.598. The van der Waals surface area contributed by atoms with Gasteiger partial charge in [0, 0.05) is 20.4 Å². The van der Waals surface area contributed by atoms with E-state index in [1.807, 2.05) is 27.7 Å². The summed E-state index contributed by atoms with van der Waals surface area (Å²) < 4.78 is 54.4. The maximum Gasteiger partial charge on any atom is 0.240 e. The first kappa shape index (κ1) is 28.4. The standard InChI is InChI=1S/C23H38N6O6S/c1-14(2)34-21(19-11-24-15(3)10-25-19)17(5)36(30,31)28-23-27-26-22(20-9-8-16(4)35-20)29(23)18(12-32-6)13-33-7/h10-11,14,16-18,20-21H,8-9,12-13H2,1-7H3,(H,27,28)/t16-,17?,20-,21?/m1/s1. The lowest BCUT2D eigenvalue weighted by atomic mass is 10.2. The molecule has 0 amide bonds. The highest BCUT2D eigenvalue weighted by atomic mass is 32.2. The molecule has 3 rings (SSSR count). The summed E-state index contributed by atoms with van der Waals surface area (Å²) in [6.07, 6.45) is 3.45. The van der Waals surface area contributed by atoms with E-state index < -0.39 is 21.4 Å². The quantitative estimate of drug-likeness (QED) is 0.414. The highest BCUT2D eigenvalue weighted by molar-refractivity contribution is 7.93. The first-order valence-corrected chi connectivity index (χ1v) is 13.7. The monoisotopic (exact) mass is 526 g/mol. The molecule has 0 bridgehead atoms. The van der Waals surface area contributed by atoms with Gasteiger partial charge in [-0.25, -0.2) is 8.42 Å². The predicted octanol–water partition coefficient (Wildman–Crippen LogP) is 2.75. The average molecular weight is 527 g/mol. The largest absolute Gasteiger partial charge is 0.382 e. The second-order valence-electron chi connectivity index (χ2n) is 9.37. The second-order valence-corrected chi connectivity index (χ2v) is 11.4. The van der Waals surface area contributed by atoms with Gasteiger partial charge in [0.05, 0.1) is 49.0 Å². The maximum absolute atomic E-state index is 13.6. The minimum absolute atomic E-state index is 0.0670. The molecule has 1 aliphatic rings. The van der Waals surface area contributed by atoms with E-state index in [1.165, 1.54) is 0 Å². The second kappa shape index (κ2) is 12.4. The Morgan fingerprint density at radius 3 is 2.33 bits per heavy atom. The molecule has 2 unspecified atom stereocenters. The van der Waals surface area contributed by atoms with Crippen LogP contribution in [0.1, 0.15) is 76.0 Å². The molecule has 2 aromatic heterocycles. The van der Waals surface area contributed by atoms with Crippen LogP contribution in [-0.2, 0) is 29.0 Å². The van der Waals surface area contributed by atoms with Crippen LogP contribution in [0.15, 0.2) is 12.4 Å². The van der Waals surface area contributed by atoms with E-state index in [9.17, 15) is 8.42 Å². The number of sulfonamides is 1. The van der Waals surface area contributed by atoms with Gasteiger partial charge in [0.1, 0.15) is 17.5 Å². The maximum atomic E-state index is 13.6. The lowest BCUT2D eigenvalue weighted by Gasteiger charge is -2.27. The van der Waals surface area contributed by atoms with Crippen molar-refractivity contribution in [3.8, 4) is 0 Å². The first-order chi connectivity index (χ1) is 17.1. The molecule has 0 aromatic carbocycles. The highest BCUT2D eigenvalue weighted by Gasteiger charge is 2.37. The van der Waals surface area contributed by atoms with Gasteiger partial charge in [-0.2, -0.15) is 0 Å². The molecule has 1 saturated heterocycles. The number of hydrogen-bond acceptors (Lipinski definition) is 10. The molecule has 12 nitrogen and oxygen atoms in total. The van der Waals surface area contributed by atoms with Crippen LogP contribution in [-0.4, -0.2) is 78.0 Å². The highest BCUT2D eigenvalue weighted by Crippen LogP contribution is 2.35. The molecule has 0 aliphatic carbocycles. The minimum atomic E-state index is -4.01. The fourth-order valence-corrected chi connectivity index (χ4v) is 5.28. The summed E-state index contributed by atoms with van der Waals surface area (Å²) in [6.45, 7) is 9.60. The topological polar surface area (TPSA) is 140 Å². The van der Waals surface area contributed by atoms with Crippen molar-refractivity contribution in [2.75, 3.05) is 32.2 Å². The summed E-state index contributed by atoms with van der Waals surface area (Å²) in [7, 11) is -0.867. The molecule has 4 atom stereocenters. The normalized spacial score (nSPS) is 20.2. The van der Waals surface area contributed by atoms with E-state index in [4.69, 9.17) is 18.9 Å². The summed E-state index contributed by atoms with van der Waals surface area (Å²) in [5, 5.41) is 7.51. The van der Waals surface area contributed by atoms with Crippen LogP contribution in [0.3, 0.4) is 0 Å². The van der Waals surface area contributed by atoms with E-state index in [1.54, 1.807) is 38.1 Å². The molecule has 13 heteroatoms. The number of nitrogens with zero attached hydrogens (tertiary/aromatic N) is 5. The fraction of sp³-hybridized carbons (Fsp3) is 0.739. The van der Waals surface area contributed by atoms with Crippen LogP contribution in [0.25, 0.3) is 0 Å².